The van der Waals surface area contributed by atoms with Crippen molar-refractivity contribution in [2.24, 2.45) is 4.99 Å². The number of hydroxylamine groups is 1. The second-order valence-electron chi connectivity index (χ2n) is 5.72. The highest BCUT2D eigenvalue weighted by Crippen LogP contribution is 2.19. The van der Waals surface area contributed by atoms with E-state index >= 15 is 0 Å². The number of benzene rings is 2. The molecular formula is C19H13FN6O2. The fourth-order valence-corrected chi connectivity index (χ4v) is 2.54. The minimum Gasteiger partial charge on any atom is -0.290 e. The zero-order valence-corrected chi connectivity index (χ0v) is 14.4. The Hall–Kier alpha value is -4.08. The van der Waals surface area contributed by atoms with Crippen LogP contribution in [0.2, 0.25) is 0 Å². The average molecular weight is 376 g/mol. The number of aryl methyl sites for hydroxylation is 2. The molecule has 28 heavy (non-hydrogen) atoms. The summed E-state index contributed by atoms with van der Waals surface area (Å²) >= 11 is 0. The molecule has 0 unspecified atom stereocenters. The highest BCUT2D eigenvalue weighted by Gasteiger charge is 2.17. The molecule has 138 valence electrons. The van der Waals surface area contributed by atoms with E-state index in [0.29, 0.717) is 24.1 Å². The number of aromatic nitrogens is 2. The van der Waals surface area contributed by atoms with E-state index in [9.17, 15) is 9.60 Å². The molecule has 0 aliphatic heterocycles. The maximum Gasteiger partial charge on any atom is 0.181 e. The van der Waals surface area contributed by atoms with E-state index in [1.807, 2.05) is 11.5 Å². The number of aliphatic imine (C=N–C) groups is 1. The normalized spacial score (nSPS) is 10.9. The van der Waals surface area contributed by atoms with E-state index in [2.05, 4.69) is 21.4 Å². The van der Waals surface area contributed by atoms with Gasteiger partial charge in [-0.05, 0) is 53.9 Å². The topological polar surface area (TPSA) is 131 Å². The summed E-state index contributed by atoms with van der Waals surface area (Å²) in [5.41, 5.74) is 4.10. The van der Waals surface area contributed by atoms with Crippen molar-refractivity contribution in [3.05, 3.63) is 76.4 Å². The van der Waals surface area contributed by atoms with Gasteiger partial charge in [0.15, 0.2) is 11.5 Å². The van der Waals surface area contributed by atoms with Crippen LogP contribution in [0.15, 0.2) is 52.1 Å². The van der Waals surface area contributed by atoms with Gasteiger partial charge in [0.25, 0.3) is 0 Å². The zero-order valence-electron chi connectivity index (χ0n) is 14.4. The summed E-state index contributed by atoms with van der Waals surface area (Å²) in [6.45, 7) is 0. The lowest BCUT2D eigenvalue weighted by Crippen LogP contribution is -2.22. The van der Waals surface area contributed by atoms with E-state index in [1.165, 1.54) is 12.1 Å². The number of nitrogens with one attached hydrogen (secondary N) is 1. The SMILES string of the molecule is N#Cc1cccc(CCc2nonc2C(=Nc2ccc(F)c(C#N)c2)NO)c1. The number of hydrogen-bond acceptors (Lipinski definition) is 7. The number of halogens is 1. The van der Waals surface area contributed by atoms with Gasteiger partial charge in [-0.15, -0.1) is 0 Å². The Morgan fingerprint density at radius 2 is 2.00 bits per heavy atom. The van der Waals surface area contributed by atoms with Crippen LogP contribution < -0.4 is 5.48 Å². The van der Waals surface area contributed by atoms with Crippen molar-refractivity contribution in [2.75, 3.05) is 0 Å². The van der Waals surface area contributed by atoms with Crippen LogP contribution in [-0.4, -0.2) is 21.4 Å². The third-order valence-corrected chi connectivity index (χ3v) is 3.90. The Balaban J connectivity index is 1.84. The Morgan fingerprint density at radius 1 is 1.14 bits per heavy atom. The van der Waals surface area contributed by atoms with E-state index in [4.69, 9.17) is 15.2 Å². The fraction of sp³-hybridized carbons (Fsp3) is 0.105. The standard InChI is InChI=1S/C19H13FN6O2/c20-16-6-5-15(9-14(16)11-22)23-19(24-27)18-17(25-28-26-18)7-4-12-2-1-3-13(8-12)10-21/h1-3,5-6,8-9,27H,4,7H2,(H,23,24). The van der Waals surface area contributed by atoms with Crippen LogP contribution >= 0.6 is 0 Å². The van der Waals surface area contributed by atoms with Crippen LogP contribution in [0, 0.1) is 28.5 Å². The van der Waals surface area contributed by atoms with Gasteiger partial charge in [-0.2, -0.15) is 10.5 Å². The molecule has 0 amide bonds. The van der Waals surface area contributed by atoms with Crippen LogP contribution in [0.5, 0.6) is 0 Å². The second-order valence-corrected chi connectivity index (χ2v) is 5.72. The highest BCUT2D eigenvalue weighted by molar-refractivity contribution is 5.98. The lowest BCUT2D eigenvalue weighted by molar-refractivity contribution is 0.234. The van der Waals surface area contributed by atoms with Gasteiger partial charge in [0.2, 0.25) is 0 Å². The van der Waals surface area contributed by atoms with Crippen LogP contribution in [0.3, 0.4) is 0 Å². The molecular weight excluding hydrogens is 363 g/mol. The van der Waals surface area contributed by atoms with E-state index in [0.717, 1.165) is 11.6 Å². The molecule has 0 saturated carbocycles. The first-order valence-electron chi connectivity index (χ1n) is 8.14. The summed E-state index contributed by atoms with van der Waals surface area (Å²) in [5.74, 6) is -0.721. The van der Waals surface area contributed by atoms with Gasteiger partial charge in [-0.25, -0.2) is 14.0 Å². The maximum atomic E-state index is 13.4. The molecule has 1 aromatic heterocycles. The first-order valence-corrected chi connectivity index (χ1v) is 8.14. The molecule has 3 rings (SSSR count). The monoisotopic (exact) mass is 376 g/mol. The van der Waals surface area contributed by atoms with Crippen molar-refractivity contribution in [3.8, 4) is 12.1 Å². The fourth-order valence-electron chi connectivity index (χ4n) is 2.54. The molecule has 0 fully saturated rings. The summed E-state index contributed by atoms with van der Waals surface area (Å²) in [4.78, 5) is 4.14. The molecule has 0 radical (unpaired) electrons. The van der Waals surface area contributed by atoms with Gasteiger partial charge >= 0.3 is 0 Å². The van der Waals surface area contributed by atoms with Crippen LogP contribution in [0.4, 0.5) is 10.1 Å². The first-order chi connectivity index (χ1) is 13.6. The maximum absolute atomic E-state index is 13.4. The minimum absolute atomic E-state index is 0.0578. The Bertz CT molecular complexity index is 1110. The molecule has 0 spiro atoms. The number of rotatable bonds is 5. The molecule has 8 nitrogen and oxygen atoms in total. The summed E-state index contributed by atoms with van der Waals surface area (Å²) in [5, 5.41) is 34.9. The van der Waals surface area contributed by atoms with Gasteiger partial charge in [0.05, 0.1) is 22.9 Å². The molecule has 0 atom stereocenters. The first kappa shape index (κ1) is 18.7. The van der Waals surface area contributed by atoms with Crippen LogP contribution in [-0.2, 0) is 12.8 Å². The predicted octanol–water partition coefficient (Wildman–Crippen LogP) is 2.79. The van der Waals surface area contributed by atoms with Gasteiger partial charge in [0.1, 0.15) is 17.6 Å². The van der Waals surface area contributed by atoms with E-state index in [1.54, 1.807) is 24.3 Å². The quantitative estimate of drug-likeness (QED) is 0.397. The number of nitriles is 2. The average Bonchev–Trinajstić information content (AvgIpc) is 3.20. The van der Waals surface area contributed by atoms with E-state index < -0.39 is 5.82 Å². The molecule has 2 N–H and O–H groups in total. The molecule has 0 saturated heterocycles. The molecule has 0 aliphatic rings. The minimum atomic E-state index is -0.664. The second kappa shape index (κ2) is 8.54. The summed E-state index contributed by atoms with van der Waals surface area (Å²) in [7, 11) is 0. The van der Waals surface area contributed by atoms with Gasteiger partial charge in [-0.3, -0.25) is 10.7 Å². The van der Waals surface area contributed by atoms with Gasteiger partial charge in [-0.1, -0.05) is 17.3 Å². The summed E-state index contributed by atoms with van der Waals surface area (Å²) in [6.07, 6.45) is 0.978. The van der Waals surface area contributed by atoms with Crippen molar-refractivity contribution >= 4 is 11.5 Å². The number of amidine groups is 1. The van der Waals surface area contributed by atoms with Crippen LogP contribution in [0.1, 0.15) is 28.1 Å². The molecule has 1 heterocycles. The molecule has 2 aromatic carbocycles. The van der Waals surface area contributed by atoms with Crippen molar-refractivity contribution < 1.29 is 14.2 Å². The summed E-state index contributed by atoms with van der Waals surface area (Å²) < 4.78 is 18.2. The largest absolute Gasteiger partial charge is 0.290 e. The molecule has 0 bridgehead atoms. The smallest absolute Gasteiger partial charge is 0.181 e. The number of hydrogen-bond donors (Lipinski definition) is 2. The van der Waals surface area contributed by atoms with Gasteiger partial charge < -0.3 is 0 Å². The molecule has 0 aliphatic carbocycles. The van der Waals surface area contributed by atoms with E-state index in [-0.39, 0.29) is 22.8 Å². The number of nitrogens with zero attached hydrogens (tertiary/aromatic N) is 5. The Kier molecular flexibility index (Phi) is 5.70. The highest BCUT2D eigenvalue weighted by atomic mass is 19.1. The van der Waals surface area contributed by atoms with Crippen molar-refractivity contribution in [1.29, 1.82) is 10.5 Å². The summed E-state index contributed by atoms with van der Waals surface area (Å²) in [6, 6.07) is 14.7. The third kappa shape index (κ3) is 4.18. The zero-order chi connectivity index (χ0) is 19.9. The predicted molar refractivity (Wildman–Crippen MR) is 95.1 cm³/mol. The Labute approximate surface area is 159 Å². The van der Waals surface area contributed by atoms with Crippen LogP contribution in [0.25, 0.3) is 0 Å². The Morgan fingerprint density at radius 3 is 2.75 bits per heavy atom. The van der Waals surface area contributed by atoms with Gasteiger partial charge in [0, 0.05) is 0 Å². The third-order valence-electron chi connectivity index (χ3n) is 3.90. The lowest BCUT2D eigenvalue weighted by atomic mass is 10.0. The molecule has 3 aromatic rings. The van der Waals surface area contributed by atoms with Crippen molar-refractivity contribution in [3.63, 3.8) is 0 Å². The van der Waals surface area contributed by atoms with Crippen molar-refractivity contribution in [2.45, 2.75) is 12.8 Å². The lowest BCUT2D eigenvalue weighted by Gasteiger charge is -2.04. The molecule has 9 heteroatoms. The van der Waals surface area contributed by atoms with Crippen molar-refractivity contribution in [1.82, 2.24) is 15.8 Å².